The quantitative estimate of drug-likeness (QED) is 0.135. The molecule has 0 aliphatic heterocycles. The highest BCUT2D eigenvalue weighted by molar-refractivity contribution is 9.10. The molecule has 0 radical (unpaired) electrons. The molecule has 0 unspecified atom stereocenters. The molecule has 0 bridgehead atoms. The summed E-state index contributed by atoms with van der Waals surface area (Å²) in [4.78, 5) is 24.3. The number of anilines is 1. The van der Waals surface area contributed by atoms with Crippen LogP contribution in [0.4, 0.5) is 5.69 Å². The Bertz CT molecular complexity index is 1300. The molecule has 38 heavy (non-hydrogen) atoms. The molecule has 0 aliphatic rings. The molecular formula is C27H26BrCl2N3O5. The van der Waals surface area contributed by atoms with Gasteiger partial charge < -0.3 is 19.5 Å². The van der Waals surface area contributed by atoms with Gasteiger partial charge in [-0.2, -0.15) is 5.10 Å². The summed E-state index contributed by atoms with van der Waals surface area (Å²) in [6, 6.07) is 15.5. The molecule has 0 atom stereocenters. The molecule has 0 saturated carbocycles. The van der Waals surface area contributed by atoms with E-state index in [1.807, 2.05) is 13.8 Å². The van der Waals surface area contributed by atoms with Crippen molar-refractivity contribution in [2.45, 2.75) is 26.9 Å². The van der Waals surface area contributed by atoms with Crippen molar-refractivity contribution in [3.05, 3.63) is 80.2 Å². The zero-order chi connectivity index (χ0) is 27.5. The molecule has 0 saturated heterocycles. The van der Waals surface area contributed by atoms with Crippen LogP contribution in [0.1, 0.15) is 31.4 Å². The monoisotopic (exact) mass is 621 g/mol. The summed E-state index contributed by atoms with van der Waals surface area (Å²) in [5.41, 5.74) is 4.32. The lowest BCUT2D eigenvalue weighted by Crippen LogP contribution is -2.24. The lowest BCUT2D eigenvalue weighted by molar-refractivity contribution is -0.126. The zero-order valence-corrected chi connectivity index (χ0v) is 23.8. The average Bonchev–Trinajstić information content (AvgIpc) is 2.86. The van der Waals surface area contributed by atoms with Gasteiger partial charge in [-0.05, 0) is 83.9 Å². The Balaban J connectivity index is 1.57. The van der Waals surface area contributed by atoms with Gasteiger partial charge in [-0.25, -0.2) is 5.43 Å². The third-order valence-corrected chi connectivity index (χ3v) is 6.07. The van der Waals surface area contributed by atoms with Gasteiger partial charge in [0, 0.05) is 21.3 Å². The molecule has 11 heteroatoms. The number of ether oxygens (including phenoxy) is 3. The third-order valence-electron chi connectivity index (χ3n) is 4.89. The molecular weight excluding hydrogens is 597 g/mol. The Hall–Kier alpha value is -3.27. The molecule has 8 nitrogen and oxygen atoms in total. The number of nitrogens with zero attached hydrogens (tertiary/aromatic N) is 1. The van der Waals surface area contributed by atoms with E-state index < -0.39 is 18.2 Å². The minimum absolute atomic E-state index is 0.205. The van der Waals surface area contributed by atoms with Gasteiger partial charge in [0.25, 0.3) is 0 Å². The molecule has 3 aromatic carbocycles. The highest BCUT2D eigenvalue weighted by Crippen LogP contribution is 2.37. The first-order chi connectivity index (χ1) is 18.3. The second-order valence-corrected chi connectivity index (χ2v) is 9.46. The van der Waals surface area contributed by atoms with Crippen LogP contribution >= 0.6 is 39.1 Å². The van der Waals surface area contributed by atoms with E-state index in [2.05, 4.69) is 31.8 Å². The van der Waals surface area contributed by atoms with Crippen LogP contribution in [0.2, 0.25) is 10.0 Å². The number of benzene rings is 3. The van der Waals surface area contributed by atoms with Gasteiger partial charge in [-0.3, -0.25) is 9.59 Å². The summed E-state index contributed by atoms with van der Waals surface area (Å²) in [5, 5.41) is 7.65. The molecule has 2 N–H and O–H groups in total. The molecule has 0 spiro atoms. The maximum atomic E-state index is 12.2. The van der Waals surface area contributed by atoms with Crippen molar-refractivity contribution in [1.29, 1.82) is 0 Å². The summed E-state index contributed by atoms with van der Waals surface area (Å²) in [7, 11) is 0. The molecule has 2 amide bonds. The predicted molar refractivity (Wildman–Crippen MR) is 153 cm³/mol. The summed E-state index contributed by atoms with van der Waals surface area (Å²) in [6.45, 7) is 4.90. The number of rotatable bonds is 12. The van der Waals surface area contributed by atoms with Crippen LogP contribution in [-0.4, -0.2) is 31.2 Å². The first kappa shape index (κ1) is 29.3. The first-order valence-electron chi connectivity index (χ1n) is 11.7. The zero-order valence-electron chi connectivity index (χ0n) is 20.7. The maximum absolute atomic E-state index is 12.2. The first-order valence-corrected chi connectivity index (χ1v) is 13.2. The standard InChI is InChI=1S/C27H26BrCl2N3O5/c1-3-36-21-9-7-20(8-10-21)32-25(34)14-26(35)33-31-15-17-11-22(28)27(24(12-17)37-4-2)38-16-18-5-6-19(29)13-23(18)30/h5-13,15H,3-4,14,16H2,1-2H3,(H,32,34)(H,33,35). The van der Waals surface area contributed by atoms with Gasteiger partial charge >= 0.3 is 0 Å². The van der Waals surface area contributed by atoms with Crippen LogP contribution in [0.5, 0.6) is 17.2 Å². The number of halogens is 3. The minimum Gasteiger partial charge on any atom is -0.494 e. The predicted octanol–water partition coefficient (Wildman–Crippen LogP) is 6.61. The lowest BCUT2D eigenvalue weighted by Gasteiger charge is -2.15. The minimum atomic E-state index is -0.561. The highest BCUT2D eigenvalue weighted by atomic mass is 79.9. The summed E-state index contributed by atoms with van der Waals surface area (Å²) < 4.78 is 17.7. The number of carbonyl (C=O) groups is 2. The second kappa shape index (κ2) is 14.6. The SMILES string of the molecule is CCOc1ccc(NC(=O)CC(=O)NN=Cc2cc(Br)c(OCc3ccc(Cl)cc3Cl)c(OCC)c2)cc1. The average molecular weight is 623 g/mol. The number of hydrogen-bond donors (Lipinski definition) is 2. The smallest absolute Gasteiger partial charge is 0.249 e. The highest BCUT2D eigenvalue weighted by Gasteiger charge is 2.14. The number of amides is 2. The Morgan fingerprint density at radius 2 is 1.68 bits per heavy atom. The summed E-state index contributed by atoms with van der Waals surface area (Å²) in [6.07, 6.45) is 1.05. The van der Waals surface area contributed by atoms with E-state index in [0.717, 1.165) is 5.56 Å². The third kappa shape index (κ3) is 8.93. The summed E-state index contributed by atoms with van der Waals surface area (Å²) in [5.74, 6) is 0.640. The van der Waals surface area contributed by atoms with Crippen molar-refractivity contribution < 1.29 is 23.8 Å². The van der Waals surface area contributed by atoms with Gasteiger partial charge in [0.15, 0.2) is 11.5 Å². The largest absolute Gasteiger partial charge is 0.494 e. The van der Waals surface area contributed by atoms with E-state index in [1.54, 1.807) is 54.6 Å². The van der Waals surface area contributed by atoms with E-state index in [9.17, 15) is 9.59 Å². The van der Waals surface area contributed by atoms with E-state index in [0.29, 0.717) is 56.2 Å². The molecule has 0 aliphatic carbocycles. The number of nitrogens with one attached hydrogen (secondary N) is 2. The van der Waals surface area contributed by atoms with E-state index >= 15 is 0 Å². The molecule has 0 heterocycles. The van der Waals surface area contributed by atoms with Crippen LogP contribution in [0, 0.1) is 0 Å². The Morgan fingerprint density at radius 1 is 0.947 bits per heavy atom. The Labute approximate surface area is 239 Å². The molecule has 0 aromatic heterocycles. The van der Waals surface area contributed by atoms with Crippen molar-refractivity contribution >= 4 is 62.8 Å². The van der Waals surface area contributed by atoms with E-state index in [1.165, 1.54) is 6.21 Å². The van der Waals surface area contributed by atoms with Gasteiger partial charge in [-0.15, -0.1) is 0 Å². The van der Waals surface area contributed by atoms with Crippen molar-refractivity contribution in [3.8, 4) is 17.2 Å². The van der Waals surface area contributed by atoms with Crippen molar-refractivity contribution in [1.82, 2.24) is 5.43 Å². The summed E-state index contributed by atoms with van der Waals surface area (Å²) >= 11 is 15.7. The van der Waals surface area contributed by atoms with Gasteiger partial charge in [0.1, 0.15) is 18.8 Å². The van der Waals surface area contributed by atoms with Gasteiger partial charge in [0.2, 0.25) is 11.8 Å². The Kier molecular flexibility index (Phi) is 11.3. The van der Waals surface area contributed by atoms with Crippen molar-refractivity contribution in [3.63, 3.8) is 0 Å². The number of hydrazone groups is 1. The second-order valence-electron chi connectivity index (χ2n) is 7.76. The molecule has 3 aromatic rings. The normalized spacial score (nSPS) is 10.8. The van der Waals surface area contributed by atoms with E-state index in [-0.39, 0.29) is 6.61 Å². The Morgan fingerprint density at radius 3 is 2.37 bits per heavy atom. The van der Waals surface area contributed by atoms with Crippen molar-refractivity contribution in [2.75, 3.05) is 18.5 Å². The van der Waals surface area contributed by atoms with Gasteiger partial charge in [0.05, 0.1) is 23.9 Å². The molecule has 3 rings (SSSR count). The molecule has 0 fully saturated rings. The lowest BCUT2D eigenvalue weighted by atomic mass is 10.2. The van der Waals surface area contributed by atoms with E-state index in [4.69, 9.17) is 37.4 Å². The number of hydrogen-bond acceptors (Lipinski definition) is 6. The van der Waals surface area contributed by atoms with Crippen LogP contribution in [0.15, 0.2) is 64.2 Å². The van der Waals surface area contributed by atoms with Crippen LogP contribution in [0.3, 0.4) is 0 Å². The maximum Gasteiger partial charge on any atom is 0.249 e. The van der Waals surface area contributed by atoms with Gasteiger partial charge in [-0.1, -0.05) is 29.3 Å². The fourth-order valence-electron chi connectivity index (χ4n) is 3.22. The van der Waals surface area contributed by atoms with Crippen LogP contribution in [-0.2, 0) is 16.2 Å². The van der Waals surface area contributed by atoms with Crippen LogP contribution < -0.4 is 25.0 Å². The fraction of sp³-hybridized carbons (Fsp3) is 0.222. The number of carbonyl (C=O) groups excluding carboxylic acids is 2. The molecule has 200 valence electrons. The van der Waals surface area contributed by atoms with Crippen LogP contribution in [0.25, 0.3) is 0 Å². The van der Waals surface area contributed by atoms with Crippen molar-refractivity contribution in [2.24, 2.45) is 5.10 Å². The topological polar surface area (TPSA) is 98.2 Å². The fourth-order valence-corrected chi connectivity index (χ4v) is 4.26.